The number of para-hydroxylation sites is 1. The lowest BCUT2D eigenvalue weighted by atomic mass is 10.1. The minimum atomic E-state index is -4.37. The van der Waals surface area contributed by atoms with Crippen LogP contribution < -0.4 is 0 Å². The minimum absolute atomic E-state index is 0.171. The molecule has 0 bridgehead atoms. The van der Waals surface area contributed by atoms with Crippen molar-refractivity contribution in [3.8, 4) is 5.69 Å². The van der Waals surface area contributed by atoms with Crippen LogP contribution in [0.3, 0.4) is 0 Å². The normalized spacial score (nSPS) is 15.1. The van der Waals surface area contributed by atoms with Gasteiger partial charge in [-0.3, -0.25) is 9.47 Å². The summed E-state index contributed by atoms with van der Waals surface area (Å²) in [5.41, 5.74) is 0.558. The highest BCUT2D eigenvalue weighted by Crippen LogP contribution is 2.35. The second kappa shape index (κ2) is 8.59. The van der Waals surface area contributed by atoms with Gasteiger partial charge in [-0.15, -0.1) is 10.2 Å². The molecule has 0 aliphatic carbocycles. The maximum absolute atomic E-state index is 13.3. The van der Waals surface area contributed by atoms with Gasteiger partial charge in [0, 0.05) is 11.4 Å². The molecular formula is C21H21F3N4S. The van der Waals surface area contributed by atoms with Gasteiger partial charge in [0.25, 0.3) is 0 Å². The van der Waals surface area contributed by atoms with E-state index in [1.165, 1.54) is 36.7 Å². The number of halogens is 3. The molecule has 1 fully saturated rings. The summed E-state index contributed by atoms with van der Waals surface area (Å²) in [6.45, 7) is 2.74. The highest BCUT2D eigenvalue weighted by atomic mass is 32.2. The Morgan fingerprint density at radius 1 is 0.897 bits per heavy atom. The fraction of sp³-hybridized carbons (Fsp3) is 0.333. The van der Waals surface area contributed by atoms with Crippen molar-refractivity contribution in [2.75, 3.05) is 13.1 Å². The topological polar surface area (TPSA) is 34.0 Å². The second-order valence-corrected chi connectivity index (χ2v) is 7.94. The first-order valence-electron chi connectivity index (χ1n) is 9.52. The Kier molecular flexibility index (Phi) is 5.91. The van der Waals surface area contributed by atoms with Crippen LogP contribution in [0.15, 0.2) is 59.8 Å². The molecule has 0 saturated carbocycles. The molecule has 4 nitrogen and oxygen atoms in total. The third-order valence-corrected chi connectivity index (χ3v) is 5.94. The van der Waals surface area contributed by atoms with E-state index >= 15 is 0 Å². The molecule has 2 heterocycles. The predicted octanol–water partition coefficient (Wildman–Crippen LogP) is 5.17. The number of nitrogens with zero attached hydrogens (tertiary/aromatic N) is 4. The van der Waals surface area contributed by atoms with E-state index in [4.69, 9.17) is 0 Å². The quantitative estimate of drug-likeness (QED) is 0.517. The van der Waals surface area contributed by atoms with Gasteiger partial charge in [-0.25, -0.2) is 0 Å². The highest BCUT2D eigenvalue weighted by Gasteiger charge is 2.33. The van der Waals surface area contributed by atoms with Crippen LogP contribution in [0, 0.1) is 0 Å². The molecule has 29 heavy (non-hydrogen) atoms. The molecule has 2 aromatic carbocycles. The largest absolute Gasteiger partial charge is 0.416 e. The summed E-state index contributed by atoms with van der Waals surface area (Å²) in [6, 6.07) is 15.4. The van der Waals surface area contributed by atoms with E-state index in [-0.39, 0.29) is 11.3 Å². The number of rotatable bonds is 6. The molecule has 1 aliphatic rings. The lowest BCUT2D eigenvalue weighted by Gasteiger charge is -2.16. The van der Waals surface area contributed by atoms with Crippen molar-refractivity contribution in [3.05, 3.63) is 71.5 Å². The van der Waals surface area contributed by atoms with Gasteiger partial charge in [0.15, 0.2) is 11.0 Å². The Labute approximate surface area is 171 Å². The minimum Gasteiger partial charge on any atom is -0.296 e. The molecule has 1 aromatic heterocycles. The van der Waals surface area contributed by atoms with E-state index in [0.717, 1.165) is 30.7 Å². The van der Waals surface area contributed by atoms with Gasteiger partial charge in [0.05, 0.1) is 12.1 Å². The summed E-state index contributed by atoms with van der Waals surface area (Å²) in [6.07, 6.45) is -2.02. The Bertz CT molecular complexity index is 950. The van der Waals surface area contributed by atoms with E-state index in [9.17, 15) is 13.2 Å². The van der Waals surface area contributed by atoms with Gasteiger partial charge in [0.2, 0.25) is 0 Å². The van der Waals surface area contributed by atoms with Crippen molar-refractivity contribution < 1.29 is 13.2 Å². The smallest absolute Gasteiger partial charge is 0.296 e. The molecule has 0 spiro atoms. The first-order valence-corrected chi connectivity index (χ1v) is 10.5. The van der Waals surface area contributed by atoms with E-state index < -0.39 is 11.7 Å². The van der Waals surface area contributed by atoms with E-state index in [2.05, 4.69) is 15.1 Å². The molecule has 0 N–H and O–H groups in total. The van der Waals surface area contributed by atoms with Crippen molar-refractivity contribution in [1.29, 1.82) is 0 Å². The van der Waals surface area contributed by atoms with E-state index in [1.54, 1.807) is 6.07 Å². The number of hydrogen-bond donors (Lipinski definition) is 0. The van der Waals surface area contributed by atoms with Crippen molar-refractivity contribution in [3.63, 3.8) is 0 Å². The van der Waals surface area contributed by atoms with Crippen LogP contribution in [0.2, 0.25) is 0 Å². The molecule has 0 atom stereocenters. The number of alkyl halides is 3. The zero-order chi connectivity index (χ0) is 20.3. The van der Waals surface area contributed by atoms with Crippen molar-refractivity contribution >= 4 is 11.8 Å². The van der Waals surface area contributed by atoms with Gasteiger partial charge in [-0.2, -0.15) is 13.2 Å². The molecule has 8 heteroatoms. The zero-order valence-corrected chi connectivity index (χ0v) is 16.6. The predicted molar refractivity (Wildman–Crippen MR) is 107 cm³/mol. The van der Waals surface area contributed by atoms with Gasteiger partial charge < -0.3 is 0 Å². The molecular weight excluding hydrogens is 397 g/mol. The van der Waals surface area contributed by atoms with Crippen molar-refractivity contribution in [2.24, 2.45) is 0 Å². The Balaban J connectivity index is 1.62. The van der Waals surface area contributed by atoms with Crippen LogP contribution in [0.4, 0.5) is 13.2 Å². The van der Waals surface area contributed by atoms with Crippen LogP contribution >= 0.6 is 11.8 Å². The molecule has 0 radical (unpaired) electrons. The van der Waals surface area contributed by atoms with Crippen LogP contribution in [0.5, 0.6) is 0 Å². The number of hydrogen-bond acceptors (Lipinski definition) is 4. The molecule has 0 unspecified atom stereocenters. The lowest BCUT2D eigenvalue weighted by molar-refractivity contribution is -0.138. The summed E-state index contributed by atoms with van der Waals surface area (Å²) in [4.78, 5) is 2.33. The third kappa shape index (κ3) is 4.64. The SMILES string of the molecule is FC(F)(F)c1ccccc1CSc1nnc(CN2CCCC2)n1-c1ccccc1. The highest BCUT2D eigenvalue weighted by molar-refractivity contribution is 7.98. The second-order valence-electron chi connectivity index (χ2n) is 7.00. The number of benzene rings is 2. The summed E-state index contributed by atoms with van der Waals surface area (Å²) in [5.74, 6) is 0.981. The fourth-order valence-electron chi connectivity index (χ4n) is 3.54. The molecule has 1 aliphatic heterocycles. The van der Waals surface area contributed by atoms with Gasteiger partial charge in [0.1, 0.15) is 0 Å². The third-order valence-electron chi connectivity index (χ3n) is 4.96. The van der Waals surface area contributed by atoms with E-state index in [1.807, 2.05) is 34.9 Å². The number of aromatic nitrogens is 3. The average molecular weight is 418 g/mol. The standard InChI is InChI=1S/C21H21F3N4S/c22-21(23,24)18-11-5-4-8-16(18)15-29-20-26-25-19(14-27-12-6-7-13-27)28(20)17-9-2-1-3-10-17/h1-5,8-11H,6-7,12-15H2. The average Bonchev–Trinajstić information content (AvgIpc) is 3.37. The zero-order valence-electron chi connectivity index (χ0n) is 15.8. The molecule has 0 amide bonds. The van der Waals surface area contributed by atoms with Crippen LogP contribution in [-0.2, 0) is 18.5 Å². The van der Waals surface area contributed by atoms with Crippen molar-refractivity contribution in [2.45, 2.75) is 36.5 Å². The number of thioether (sulfide) groups is 1. The first-order chi connectivity index (χ1) is 14.0. The van der Waals surface area contributed by atoms with Crippen LogP contribution in [0.25, 0.3) is 5.69 Å². The maximum atomic E-state index is 13.3. The fourth-order valence-corrected chi connectivity index (χ4v) is 4.51. The van der Waals surface area contributed by atoms with Gasteiger partial charge >= 0.3 is 6.18 Å². The summed E-state index contributed by atoms with van der Waals surface area (Å²) < 4.78 is 41.9. The van der Waals surface area contributed by atoms with Crippen LogP contribution in [-0.4, -0.2) is 32.8 Å². The Morgan fingerprint density at radius 3 is 2.31 bits per heavy atom. The summed E-state index contributed by atoms with van der Waals surface area (Å²) in [7, 11) is 0. The molecule has 4 rings (SSSR count). The van der Waals surface area contributed by atoms with Crippen molar-refractivity contribution in [1.82, 2.24) is 19.7 Å². The Hall–Kier alpha value is -2.32. The van der Waals surface area contributed by atoms with Gasteiger partial charge in [-0.05, 0) is 49.7 Å². The Morgan fingerprint density at radius 2 is 1.59 bits per heavy atom. The summed E-state index contributed by atoms with van der Waals surface area (Å²) in [5, 5.41) is 9.28. The first kappa shape index (κ1) is 20.0. The molecule has 3 aromatic rings. The van der Waals surface area contributed by atoms with Gasteiger partial charge in [-0.1, -0.05) is 48.2 Å². The molecule has 1 saturated heterocycles. The number of likely N-dealkylation sites (tertiary alicyclic amines) is 1. The monoisotopic (exact) mass is 418 g/mol. The van der Waals surface area contributed by atoms with E-state index in [0.29, 0.717) is 11.7 Å². The van der Waals surface area contributed by atoms with Crippen LogP contribution in [0.1, 0.15) is 29.8 Å². The summed E-state index contributed by atoms with van der Waals surface area (Å²) >= 11 is 1.27. The maximum Gasteiger partial charge on any atom is 0.416 e. The molecule has 152 valence electrons. The lowest BCUT2D eigenvalue weighted by Crippen LogP contribution is -2.21.